The third-order valence-electron chi connectivity index (χ3n) is 5.00. The number of hydrogen-bond acceptors (Lipinski definition) is 2. The number of methoxy groups -OCH3 is 1. The maximum absolute atomic E-state index is 5.21. The highest BCUT2D eigenvalue weighted by molar-refractivity contribution is 4.86. The van der Waals surface area contributed by atoms with Gasteiger partial charge in [0.1, 0.15) is 0 Å². The first kappa shape index (κ1) is 14.3. The monoisotopic (exact) mass is 253 g/mol. The molecule has 0 aliphatic heterocycles. The highest BCUT2D eigenvalue weighted by Crippen LogP contribution is 2.38. The van der Waals surface area contributed by atoms with E-state index in [-0.39, 0.29) is 0 Å². The van der Waals surface area contributed by atoms with Crippen molar-refractivity contribution in [3.05, 3.63) is 0 Å². The van der Waals surface area contributed by atoms with E-state index in [1.54, 1.807) is 0 Å². The lowest BCUT2D eigenvalue weighted by Crippen LogP contribution is -2.34. The quantitative estimate of drug-likeness (QED) is 0.667. The van der Waals surface area contributed by atoms with Crippen molar-refractivity contribution in [3.63, 3.8) is 0 Å². The number of hydrogen-bond donors (Lipinski definition) is 1. The molecule has 3 atom stereocenters. The van der Waals surface area contributed by atoms with Crippen molar-refractivity contribution in [2.45, 2.75) is 64.3 Å². The first-order valence-electron chi connectivity index (χ1n) is 8.05. The van der Waals surface area contributed by atoms with Gasteiger partial charge < -0.3 is 10.1 Å². The molecule has 2 nitrogen and oxygen atoms in total. The first-order chi connectivity index (χ1) is 8.83. The second kappa shape index (κ2) is 7.49. The van der Waals surface area contributed by atoms with Crippen molar-refractivity contribution < 1.29 is 4.74 Å². The first-order valence-corrected chi connectivity index (χ1v) is 8.05. The topological polar surface area (TPSA) is 21.3 Å². The SMILES string of the molecule is CCC1CCC(CNC2CC2)C(CCCOC)C1. The highest BCUT2D eigenvalue weighted by Gasteiger charge is 2.30. The second-order valence-electron chi connectivity index (χ2n) is 6.43. The van der Waals surface area contributed by atoms with Gasteiger partial charge in [0.25, 0.3) is 0 Å². The Morgan fingerprint density at radius 1 is 1.11 bits per heavy atom. The molecule has 0 saturated heterocycles. The molecule has 0 radical (unpaired) electrons. The van der Waals surface area contributed by atoms with Crippen LogP contribution in [0.25, 0.3) is 0 Å². The average molecular weight is 253 g/mol. The summed E-state index contributed by atoms with van der Waals surface area (Å²) in [7, 11) is 1.82. The van der Waals surface area contributed by atoms with Gasteiger partial charge in [-0.2, -0.15) is 0 Å². The van der Waals surface area contributed by atoms with Crippen LogP contribution in [0.3, 0.4) is 0 Å². The molecule has 106 valence electrons. The predicted molar refractivity (Wildman–Crippen MR) is 76.7 cm³/mol. The van der Waals surface area contributed by atoms with Crippen LogP contribution in [0.4, 0.5) is 0 Å². The zero-order valence-electron chi connectivity index (χ0n) is 12.3. The molecule has 0 amide bonds. The minimum atomic E-state index is 0.869. The van der Waals surface area contributed by atoms with Crippen LogP contribution in [0.5, 0.6) is 0 Å². The van der Waals surface area contributed by atoms with E-state index in [4.69, 9.17) is 4.74 Å². The molecule has 3 unspecified atom stereocenters. The lowest BCUT2D eigenvalue weighted by molar-refractivity contribution is 0.137. The molecule has 0 bridgehead atoms. The predicted octanol–water partition coefficient (Wildman–Crippen LogP) is 3.61. The Bertz CT molecular complexity index is 227. The molecular formula is C16H31NO. The van der Waals surface area contributed by atoms with Crippen LogP contribution in [-0.2, 0) is 4.74 Å². The molecule has 2 aliphatic carbocycles. The van der Waals surface area contributed by atoms with E-state index in [2.05, 4.69) is 12.2 Å². The van der Waals surface area contributed by atoms with Crippen LogP contribution < -0.4 is 5.32 Å². The molecular weight excluding hydrogens is 222 g/mol. The summed E-state index contributed by atoms with van der Waals surface area (Å²) in [4.78, 5) is 0. The van der Waals surface area contributed by atoms with Gasteiger partial charge in [-0.15, -0.1) is 0 Å². The molecule has 2 heteroatoms. The molecule has 2 aliphatic rings. The summed E-state index contributed by atoms with van der Waals surface area (Å²) in [6.07, 6.45) is 11.2. The smallest absolute Gasteiger partial charge is 0.0462 e. The summed E-state index contributed by atoms with van der Waals surface area (Å²) in [5, 5.41) is 3.75. The van der Waals surface area contributed by atoms with Gasteiger partial charge >= 0.3 is 0 Å². The van der Waals surface area contributed by atoms with Crippen LogP contribution >= 0.6 is 0 Å². The fourth-order valence-corrected chi connectivity index (χ4v) is 3.51. The molecule has 0 spiro atoms. The summed E-state index contributed by atoms with van der Waals surface area (Å²) >= 11 is 0. The van der Waals surface area contributed by atoms with Gasteiger partial charge in [0.2, 0.25) is 0 Å². The zero-order chi connectivity index (χ0) is 12.8. The molecule has 18 heavy (non-hydrogen) atoms. The largest absolute Gasteiger partial charge is 0.385 e. The van der Waals surface area contributed by atoms with Crippen LogP contribution in [0, 0.1) is 17.8 Å². The van der Waals surface area contributed by atoms with Crippen molar-refractivity contribution in [2.75, 3.05) is 20.3 Å². The molecule has 0 heterocycles. The molecule has 2 saturated carbocycles. The molecule has 1 N–H and O–H groups in total. The summed E-state index contributed by atoms with van der Waals surface area (Å²) in [6, 6.07) is 0.869. The third-order valence-corrected chi connectivity index (χ3v) is 5.00. The third kappa shape index (κ3) is 4.55. The lowest BCUT2D eigenvalue weighted by Gasteiger charge is -2.36. The maximum Gasteiger partial charge on any atom is 0.0462 e. The van der Waals surface area contributed by atoms with E-state index in [9.17, 15) is 0 Å². The Morgan fingerprint density at radius 2 is 1.94 bits per heavy atom. The second-order valence-corrected chi connectivity index (χ2v) is 6.43. The Hall–Kier alpha value is -0.0800. The average Bonchev–Trinajstić information content (AvgIpc) is 3.21. The van der Waals surface area contributed by atoms with Crippen molar-refractivity contribution in [3.8, 4) is 0 Å². The van der Waals surface area contributed by atoms with Crippen molar-refractivity contribution in [1.29, 1.82) is 0 Å². The van der Waals surface area contributed by atoms with Gasteiger partial charge in [-0.05, 0) is 62.8 Å². The normalized spacial score (nSPS) is 32.7. The highest BCUT2D eigenvalue weighted by atomic mass is 16.5. The fraction of sp³-hybridized carbons (Fsp3) is 1.00. The Balaban J connectivity index is 1.75. The van der Waals surface area contributed by atoms with Gasteiger partial charge in [0.05, 0.1) is 0 Å². The van der Waals surface area contributed by atoms with Crippen LogP contribution in [-0.4, -0.2) is 26.3 Å². The van der Waals surface area contributed by atoms with Crippen LogP contribution in [0.1, 0.15) is 58.3 Å². The summed E-state index contributed by atoms with van der Waals surface area (Å²) < 4.78 is 5.21. The zero-order valence-corrected chi connectivity index (χ0v) is 12.3. The van der Waals surface area contributed by atoms with E-state index >= 15 is 0 Å². The van der Waals surface area contributed by atoms with Crippen molar-refractivity contribution >= 4 is 0 Å². The van der Waals surface area contributed by atoms with Crippen molar-refractivity contribution in [1.82, 2.24) is 5.32 Å². The number of rotatable bonds is 8. The Morgan fingerprint density at radius 3 is 2.61 bits per heavy atom. The van der Waals surface area contributed by atoms with E-state index in [0.29, 0.717) is 0 Å². The molecule has 2 rings (SSSR count). The standard InChI is InChI=1S/C16H31NO/c1-3-13-6-7-15(12-17-16-8-9-16)14(11-13)5-4-10-18-2/h13-17H,3-12H2,1-2H3. The van der Waals surface area contributed by atoms with E-state index in [0.717, 1.165) is 30.4 Å². The van der Waals surface area contributed by atoms with Gasteiger partial charge in [-0.1, -0.05) is 19.8 Å². The van der Waals surface area contributed by atoms with Gasteiger partial charge in [0, 0.05) is 19.8 Å². The van der Waals surface area contributed by atoms with Crippen LogP contribution in [0.15, 0.2) is 0 Å². The van der Waals surface area contributed by atoms with Crippen LogP contribution in [0.2, 0.25) is 0 Å². The lowest BCUT2D eigenvalue weighted by atomic mass is 9.71. The summed E-state index contributed by atoms with van der Waals surface area (Å²) in [6.45, 7) is 4.58. The van der Waals surface area contributed by atoms with Gasteiger partial charge in [-0.25, -0.2) is 0 Å². The summed E-state index contributed by atoms with van der Waals surface area (Å²) in [5.41, 5.74) is 0. The van der Waals surface area contributed by atoms with Crippen molar-refractivity contribution in [2.24, 2.45) is 17.8 Å². The minimum absolute atomic E-state index is 0.869. The van der Waals surface area contributed by atoms with E-state index in [1.165, 1.54) is 57.9 Å². The molecule has 0 aromatic rings. The Labute approximate surface area is 113 Å². The number of ether oxygens (including phenoxy) is 1. The van der Waals surface area contributed by atoms with E-state index in [1.807, 2.05) is 7.11 Å². The number of nitrogens with one attached hydrogen (secondary N) is 1. The fourth-order valence-electron chi connectivity index (χ4n) is 3.51. The van der Waals surface area contributed by atoms with Gasteiger partial charge in [-0.3, -0.25) is 0 Å². The van der Waals surface area contributed by atoms with Gasteiger partial charge in [0.15, 0.2) is 0 Å². The molecule has 0 aromatic heterocycles. The molecule has 2 fully saturated rings. The summed E-state index contributed by atoms with van der Waals surface area (Å²) in [5.74, 6) is 2.88. The Kier molecular flexibility index (Phi) is 5.97. The van der Waals surface area contributed by atoms with E-state index < -0.39 is 0 Å². The maximum atomic E-state index is 5.21. The minimum Gasteiger partial charge on any atom is -0.385 e. The molecule has 0 aromatic carbocycles.